The molecule has 0 radical (unpaired) electrons. The van der Waals surface area contributed by atoms with Gasteiger partial charge in [0.25, 0.3) is 0 Å². The van der Waals surface area contributed by atoms with Gasteiger partial charge in [0, 0.05) is 5.33 Å². The van der Waals surface area contributed by atoms with Crippen molar-refractivity contribution in [2.75, 3.05) is 5.33 Å². The van der Waals surface area contributed by atoms with E-state index in [2.05, 4.69) is 15.9 Å². The average molecular weight is 272 g/mol. The second-order valence-corrected chi connectivity index (χ2v) is 4.72. The maximum atomic E-state index is 12.4. The van der Waals surface area contributed by atoms with Crippen LogP contribution in [0.15, 0.2) is 0 Å². The zero-order valence-electron chi connectivity index (χ0n) is 7.99. The quantitative estimate of drug-likeness (QED) is 0.529. The fourth-order valence-electron chi connectivity index (χ4n) is 2.00. The molecule has 0 nitrogen and oxygen atoms in total. The Morgan fingerprint density at radius 2 is 2.00 bits per heavy atom. The van der Waals surface area contributed by atoms with E-state index < -0.39 is 12.1 Å². The van der Waals surface area contributed by atoms with Gasteiger partial charge >= 0.3 is 6.18 Å². The minimum atomic E-state index is -4.00. The van der Waals surface area contributed by atoms with Gasteiger partial charge in [-0.15, -0.1) is 0 Å². The van der Waals surface area contributed by atoms with Gasteiger partial charge in [-0.05, 0) is 25.2 Å². The molecule has 1 fully saturated rings. The Hall–Kier alpha value is 0.140. The third kappa shape index (κ3) is 3.71. The van der Waals surface area contributed by atoms with Gasteiger partial charge in [-0.1, -0.05) is 15.9 Å². The van der Waals surface area contributed by atoms with Crippen molar-refractivity contribution < 1.29 is 13.2 Å². The van der Waals surface area contributed by atoms with Crippen LogP contribution in [0.1, 0.15) is 32.1 Å². The fraction of sp³-hybridized carbons (Fsp3) is 0.900. The monoisotopic (exact) mass is 271 g/mol. The van der Waals surface area contributed by atoms with Crippen LogP contribution in [0.3, 0.4) is 0 Å². The lowest BCUT2D eigenvalue weighted by Gasteiger charge is -2.25. The van der Waals surface area contributed by atoms with Crippen LogP contribution in [0.5, 0.6) is 0 Å². The molecule has 4 heteroatoms. The van der Waals surface area contributed by atoms with Gasteiger partial charge in [-0.3, -0.25) is 0 Å². The summed E-state index contributed by atoms with van der Waals surface area (Å²) in [5.74, 6) is -0.843. The van der Waals surface area contributed by atoms with Crippen LogP contribution in [0.2, 0.25) is 0 Å². The lowest BCUT2D eigenvalue weighted by atomic mass is 9.79. The van der Waals surface area contributed by atoms with E-state index in [1.54, 1.807) is 6.42 Å². The molecule has 0 bridgehead atoms. The number of hydrogen-bond donors (Lipinski definition) is 0. The normalized spacial score (nSPS) is 28.6. The van der Waals surface area contributed by atoms with Crippen LogP contribution >= 0.6 is 15.9 Å². The maximum Gasteiger partial charge on any atom is 0.395 e. The molecule has 0 aliphatic heterocycles. The molecule has 1 saturated carbocycles. The van der Waals surface area contributed by atoms with Crippen LogP contribution < -0.4 is 0 Å². The number of rotatable bonds is 3. The number of halogens is 4. The molecule has 0 aromatic carbocycles. The van der Waals surface area contributed by atoms with Crippen LogP contribution in [0.25, 0.3) is 0 Å². The van der Waals surface area contributed by atoms with E-state index in [1.807, 2.05) is 0 Å². The van der Waals surface area contributed by atoms with Crippen LogP contribution in [-0.4, -0.2) is 11.5 Å². The molecule has 1 rings (SSSR count). The Balaban J connectivity index is 2.36. The predicted molar refractivity (Wildman–Crippen MR) is 54.2 cm³/mol. The first kappa shape index (κ1) is 12.2. The molecule has 14 heavy (non-hydrogen) atoms. The Morgan fingerprint density at radius 1 is 1.29 bits per heavy atom. The van der Waals surface area contributed by atoms with Crippen LogP contribution in [0.4, 0.5) is 13.2 Å². The Kier molecular flexibility index (Phi) is 4.61. The van der Waals surface area contributed by atoms with Gasteiger partial charge in [0.15, 0.2) is 0 Å². The van der Waals surface area contributed by atoms with E-state index in [0.717, 1.165) is 24.6 Å². The summed E-state index contributed by atoms with van der Waals surface area (Å²) in [4.78, 5) is 0. The molecule has 0 aromatic rings. The van der Waals surface area contributed by atoms with Gasteiger partial charge < -0.3 is 0 Å². The summed E-state index contributed by atoms with van der Waals surface area (Å²) in [6.45, 7) is 0. The molecule has 1 aliphatic carbocycles. The van der Waals surface area contributed by atoms with Gasteiger partial charge in [0.1, 0.15) is 0 Å². The van der Waals surface area contributed by atoms with E-state index in [-0.39, 0.29) is 12.3 Å². The molecule has 0 spiro atoms. The third-order valence-corrected chi connectivity index (χ3v) is 3.34. The van der Waals surface area contributed by atoms with Crippen LogP contribution in [-0.2, 0) is 0 Å². The van der Waals surface area contributed by atoms with Crippen molar-refractivity contribution in [3.05, 3.63) is 6.42 Å². The zero-order valence-corrected chi connectivity index (χ0v) is 9.57. The summed E-state index contributed by atoms with van der Waals surface area (Å²) in [6.07, 6.45) is 1.10. The minimum absolute atomic E-state index is 0.217. The van der Waals surface area contributed by atoms with E-state index in [4.69, 9.17) is 0 Å². The van der Waals surface area contributed by atoms with Crippen molar-refractivity contribution in [1.29, 1.82) is 0 Å². The van der Waals surface area contributed by atoms with Crippen molar-refractivity contribution in [3.8, 4) is 0 Å². The van der Waals surface area contributed by atoms with Gasteiger partial charge in [-0.25, -0.2) is 0 Å². The largest absolute Gasteiger partial charge is 0.395 e. The Bertz CT molecular complexity index is 167. The summed E-state index contributed by atoms with van der Waals surface area (Å²) in [5.41, 5.74) is 0. The van der Waals surface area contributed by atoms with Crippen molar-refractivity contribution >= 4 is 15.9 Å². The molecular formula is C10H15BrF3+. The summed E-state index contributed by atoms with van der Waals surface area (Å²) >= 11 is 3.30. The number of alkyl halides is 4. The minimum Gasteiger partial charge on any atom is -0.171 e. The lowest BCUT2D eigenvalue weighted by Crippen LogP contribution is -2.29. The molecule has 0 N–H and O–H groups in total. The summed E-state index contributed by atoms with van der Waals surface area (Å²) in [6, 6.07) is 0. The predicted octanol–water partition coefficient (Wildman–Crippen LogP) is 4.34. The first-order valence-electron chi connectivity index (χ1n) is 4.98. The molecule has 0 saturated heterocycles. The summed E-state index contributed by atoms with van der Waals surface area (Å²) < 4.78 is 37.2. The summed E-state index contributed by atoms with van der Waals surface area (Å²) in [7, 11) is 0. The highest BCUT2D eigenvalue weighted by molar-refractivity contribution is 9.09. The summed E-state index contributed by atoms with van der Waals surface area (Å²) in [5, 5.41) is 0.889. The SMILES string of the molecule is FC(F)(F)C1C[CH+]CC(CCCBr)C1. The second-order valence-electron chi connectivity index (χ2n) is 3.93. The lowest BCUT2D eigenvalue weighted by molar-refractivity contribution is -0.182. The molecule has 2 atom stereocenters. The highest BCUT2D eigenvalue weighted by atomic mass is 79.9. The first-order chi connectivity index (χ1) is 6.54. The molecule has 0 heterocycles. The van der Waals surface area contributed by atoms with Gasteiger partial charge in [-0.2, -0.15) is 13.2 Å². The van der Waals surface area contributed by atoms with Crippen molar-refractivity contribution in [1.82, 2.24) is 0 Å². The van der Waals surface area contributed by atoms with Gasteiger partial charge in [0.05, 0.1) is 25.2 Å². The van der Waals surface area contributed by atoms with Crippen LogP contribution in [0, 0.1) is 18.3 Å². The molecule has 2 unspecified atom stereocenters. The second kappa shape index (κ2) is 5.29. The Labute approximate surface area is 91.4 Å². The molecule has 1 aliphatic rings. The van der Waals surface area contributed by atoms with Gasteiger partial charge in [0.2, 0.25) is 0 Å². The fourth-order valence-corrected chi connectivity index (χ4v) is 2.32. The topological polar surface area (TPSA) is 0 Å². The van der Waals surface area contributed by atoms with E-state index >= 15 is 0 Å². The first-order valence-corrected chi connectivity index (χ1v) is 6.10. The third-order valence-electron chi connectivity index (χ3n) is 2.78. The van der Waals surface area contributed by atoms with Crippen molar-refractivity contribution in [2.45, 2.75) is 38.3 Å². The van der Waals surface area contributed by atoms with E-state index in [9.17, 15) is 13.2 Å². The number of hydrogen-bond acceptors (Lipinski definition) is 0. The van der Waals surface area contributed by atoms with Crippen molar-refractivity contribution in [2.24, 2.45) is 11.8 Å². The molecule has 0 amide bonds. The highest BCUT2D eigenvalue weighted by Gasteiger charge is 2.45. The average Bonchev–Trinajstić information content (AvgIpc) is 2.14. The molecule has 0 aromatic heterocycles. The smallest absolute Gasteiger partial charge is 0.171 e. The standard InChI is InChI=1S/C10H15BrF3/c11-6-2-4-8-3-1-5-9(7-8)10(12,13)14/h1,8-9H,2-7H2/q+1. The Morgan fingerprint density at radius 3 is 2.57 bits per heavy atom. The highest BCUT2D eigenvalue weighted by Crippen LogP contribution is 2.40. The van der Waals surface area contributed by atoms with Crippen molar-refractivity contribution in [3.63, 3.8) is 0 Å². The van der Waals surface area contributed by atoms with E-state index in [1.165, 1.54) is 0 Å². The maximum absolute atomic E-state index is 12.4. The molecule has 82 valence electrons. The zero-order chi connectivity index (χ0) is 10.6. The molecular weight excluding hydrogens is 257 g/mol. The van der Waals surface area contributed by atoms with E-state index in [0.29, 0.717) is 6.42 Å².